The van der Waals surface area contributed by atoms with Crippen LogP contribution in [0.3, 0.4) is 0 Å². The fourth-order valence-corrected chi connectivity index (χ4v) is 11.9. The van der Waals surface area contributed by atoms with Crippen molar-refractivity contribution >= 4 is 70.4 Å². The molecule has 412 valence electrons. The predicted octanol–water partition coefficient (Wildman–Crippen LogP) is 12.9. The van der Waals surface area contributed by atoms with Crippen LogP contribution in [0, 0.1) is 17.8 Å². The summed E-state index contributed by atoms with van der Waals surface area (Å²) in [7, 11) is 0. The van der Waals surface area contributed by atoms with Crippen LogP contribution in [0.2, 0.25) is 20.1 Å². The topological polar surface area (TPSA) is 147 Å². The standard InChI is InChI=1S/2C30H33Cl2N3O4/c1-30(2,3)39-29(37)35-17-21-13-22(9-10-27(21)33-35)34-12-11-20(28(34)36)14-24-25(31)15-23(16-26(24)32)38-18-19-7-5-4-6-8-19;1-19(2)17-39-30(37)35-28-9-8-23(12-22(28)16-33-35)34-11-10-21(29(34)36)13-25-26(31)14-24(15-27(25)32)38-18-20-6-4-3-5-7-20/h4-8,15-17,20,22H,9-14,18H2,1-3H3;3-7,14-16,19,21,23H,8-13,17-18H2,1-2H3/t20-,22?;21-,23?/m00/s1. The Morgan fingerprint density at radius 1 is 0.667 bits per heavy atom. The number of likely N-dealkylation sites (tertiary alicyclic amines) is 2. The van der Waals surface area contributed by atoms with Gasteiger partial charge in [0.1, 0.15) is 30.3 Å². The summed E-state index contributed by atoms with van der Waals surface area (Å²) in [6, 6.07) is 27.0. The Hall–Kier alpha value is -6.06. The van der Waals surface area contributed by atoms with Gasteiger partial charge in [0.15, 0.2) is 0 Å². The van der Waals surface area contributed by atoms with Gasteiger partial charge in [-0.2, -0.15) is 19.6 Å². The van der Waals surface area contributed by atoms with Gasteiger partial charge in [0.05, 0.1) is 24.2 Å². The number of hydrogen-bond donors (Lipinski definition) is 0. The monoisotopic (exact) mass is 1140 g/mol. The first-order valence-electron chi connectivity index (χ1n) is 26.8. The lowest BCUT2D eigenvalue weighted by atomic mass is 9.92. The zero-order valence-electron chi connectivity index (χ0n) is 44.7. The van der Waals surface area contributed by atoms with Crippen LogP contribution in [-0.2, 0) is 70.8 Å². The van der Waals surface area contributed by atoms with E-state index in [9.17, 15) is 19.2 Å². The maximum absolute atomic E-state index is 13.5. The van der Waals surface area contributed by atoms with Crippen LogP contribution in [0.25, 0.3) is 0 Å². The number of nitrogens with zero attached hydrogens (tertiary/aromatic N) is 6. The number of aryl methyl sites for hydroxylation is 1. The molecule has 0 radical (unpaired) electrons. The van der Waals surface area contributed by atoms with Gasteiger partial charge in [-0.25, -0.2) is 9.59 Å². The van der Waals surface area contributed by atoms with Crippen molar-refractivity contribution in [2.45, 2.75) is 130 Å². The van der Waals surface area contributed by atoms with Crippen molar-refractivity contribution in [2.75, 3.05) is 19.7 Å². The Morgan fingerprint density at radius 2 is 1.15 bits per heavy atom. The molecule has 2 aliphatic heterocycles. The number of benzene rings is 4. The molecule has 18 heteroatoms. The highest BCUT2D eigenvalue weighted by Crippen LogP contribution is 2.39. The average Bonchev–Trinajstić information content (AvgIpc) is 4.30. The number of carbonyl (C=O) groups is 4. The minimum atomic E-state index is -0.593. The molecule has 2 unspecified atom stereocenters. The minimum absolute atomic E-state index is 0.0750. The fourth-order valence-electron chi connectivity index (χ4n) is 10.7. The molecule has 4 aromatic carbocycles. The van der Waals surface area contributed by atoms with Gasteiger partial charge in [-0.05, 0) is 149 Å². The molecule has 2 fully saturated rings. The van der Waals surface area contributed by atoms with Crippen LogP contribution < -0.4 is 9.47 Å². The van der Waals surface area contributed by atoms with Gasteiger partial charge >= 0.3 is 12.2 Å². The first kappa shape index (κ1) is 56.7. The number of fused-ring (bicyclic) bond motifs is 2. The SMILES string of the molecule is CC(C)(C)OC(=O)n1cc2c(n1)CCC(N1CC[C@@H](Cc3c(Cl)cc(OCc4ccccc4)cc3Cl)C1=O)C2.CC(C)COC(=O)n1ncc2c1CCC(N1CC[C@@H](Cc3c(Cl)cc(OCc4ccccc4)cc3Cl)C1=O)C2. The van der Waals surface area contributed by atoms with E-state index in [1.54, 1.807) is 36.7 Å². The lowest BCUT2D eigenvalue weighted by Gasteiger charge is -2.31. The molecule has 4 aliphatic rings. The third-order valence-electron chi connectivity index (χ3n) is 14.7. The molecule has 0 bridgehead atoms. The van der Waals surface area contributed by atoms with E-state index < -0.39 is 17.8 Å². The molecular formula is C60H66Cl4N6O8. The summed E-state index contributed by atoms with van der Waals surface area (Å²) in [5.41, 5.74) is 6.84. The Bertz CT molecular complexity index is 3080. The minimum Gasteiger partial charge on any atom is -0.489 e. The Kier molecular flexibility index (Phi) is 18.1. The first-order valence-corrected chi connectivity index (χ1v) is 28.3. The summed E-state index contributed by atoms with van der Waals surface area (Å²) in [6.07, 6.45) is 9.36. The summed E-state index contributed by atoms with van der Waals surface area (Å²) in [4.78, 5) is 55.8. The van der Waals surface area contributed by atoms with Crippen molar-refractivity contribution in [2.24, 2.45) is 17.8 Å². The molecular weight excluding hydrogens is 1070 g/mol. The molecule has 2 saturated heterocycles. The normalized spacial score (nSPS) is 19.1. The molecule has 10 rings (SSSR count). The number of ether oxygens (including phenoxy) is 4. The molecule has 4 atom stereocenters. The maximum Gasteiger partial charge on any atom is 0.435 e. The molecule has 6 aromatic rings. The molecule has 2 amide bonds. The zero-order valence-corrected chi connectivity index (χ0v) is 47.7. The summed E-state index contributed by atoms with van der Waals surface area (Å²) in [5.74, 6) is 1.36. The van der Waals surface area contributed by atoms with Crippen molar-refractivity contribution in [3.05, 3.63) is 162 Å². The molecule has 4 heterocycles. The van der Waals surface area contributed by atoms with Gasteiger partial charge in [0.2, 0.25) is 11.8 Å². The Morgan fingerprint density at radius 3 is 1.64 bits per heavy atom. The van der Waals surface area contributed by atoms with E-state index in [0.29, 0.717) is 103 Å². The van der Waals surface area contributed by atoms with E-state index >= 15 is 0 Å². The quantitative estimate of drug-likeness (QED) is 0.103. The number of amides is 2. The number of aromatic nitrogens is 4. The second-order valence-corrected chi connectivity index (χ2v) is 23.7. The summed E-state index contributed by atoms with van der Waals surface area (Å²) in [6.45, 7) is 12.1. The highest BCUT2D eigenvalue weighted by molar-refractivity contribution is 6.37. The Balaban J connectivity index is 0.000000190. The molecule has 0 N–H and O–H groups in total. The van der Waals surface area contributed by atoms with Crippen molar-refractivity contribution in [3.8, 4) is 11.5 Å². The van der Waals surface area contributed by atoms with Crippen LogP contribution in [-0.4, -0.2) is 90.7 Å². The van der Waals surface area contributed by atoms with E-state index in [0.717, 1.165) is 70.5 Å². The van der Waals surface area contributed by atoms with Crippen LogP contribution in [0.5, 0.6) is 11.5 Å². The second-order valence-electron chi connectivity index (χ2n) is 22.0. The fraction of sp³-hybridized carbons (Fsp3) is 0.433. The number of hydrogen-bond acceptors (Lipinski definition) is 10. The molecule has 78 heavy (non-hydrogen) atoms. The lowest BCUT2D eigenvalue weighted by molar-refractivity contribution is -0.133. The molecule has 2 aromatic heterocycles. The summed E-state index contributed by atoms with van der Waals surface area (Å²) >= 11 is 26.5. The predicted molar refractivity (Wildman–Crippen MR) is 301 cm³/mol. The maximum atomic E-state index is 13.5. The first-order chi connectivity index (χ1) is 37.4. The van der Waals surface area contributed by atoms with Crippen molar-refractivity contribution in [1.82, 2.24) is 29.4 Å². The van der Waals surface area contributed by atoms with E-state index in [2.05, 4.69) is 10.2 Å². The molecule has 0 spiro atoms. The highest BCUT2D eigenvalue weighted by atomic mass is 35.5. The highest BCUT2D eigenvalue weighted by Gasteiger charge is 2.40. The van der Waals surface area contributed by atoms with Crippen molar-refractivity contribution in [1.29, 1.82) is 0 Å². The van der Waals surface area contributed by atoms with Crippen molar-refractivity contribution in [3.63, 3.8) is 0 Å². The zero-order chi connectivity index (χ0) is 55.3. The van der Waals surface area contributed by atoms with Crippen LogP contribution in [0.1, 0.15) is 105 Å². The van der Waals surface area contributed by atoms with Gasteiger partial charge in [0.25, 0.3) is 0 Å². The van der Waals surface area contributed by atoms with E-state index in [1.807, 2.05) is 105 Å². The number of halogens is 4. The van der Waals surface area contributed by atoms with Gasteiger partial charge < -0.3 is 28.7 Å². The molecule has 0 saturated carbocycles. The van der Waals surface area contributed by atoms with Gasteiger partial charge in [-0.3, -0.25) is 9.59 Å². The smallest absolute Gasteiger partial charge is 0.435 e. The van der Waals surface area contributed by atoms with Gasteiger partial charge in [-0.15, -0.1) is 0 Å². The second kappa shape index (κ2) is 24.9. The Labute approximate surface area is 476 Å². The summed E-state index contributed by atoms with van der Waals surface area (Å²) < 4.78 is 25.2. The number of rotatable bonds is 14. The third kappa shape index (κ3) is 13.8. The van der Waals surface area contributed by atoms with Crippen LogP contribution in [0.15, 0.2) is 97.3 Å². The van der Waals surface area contributed by atoms with Gasteiger partial charge in [-0.1, -0.05) is 121 Å². The van der Waals surface area contributed by atoms with Crippen LogP contribution in [0.4, 0.5) is 9.59 Å². The van der Waals surface area contributed by atoms with Gasteiger partial charge in [0, 0.05) is 63.3 Å². The summed E-state index contributed by atoms with van der Waals surface area (Å²) in [5, 5.41) is 10.8. The lowest BCUT2D eigenvalue weighted by Crippen LogP contribution is -2.41. The van der Waals surface area contributed by atoms with E-state index in [4.69, 9.17) is 65.4 Å². The average molecular weight is 1140 g/mol. The molecule has 14 nitrogen and oxygen atoms in total. The number of carbonyl (C=O) groups excluding carboxylic acids is 4. The third-order valence-corrected chi connectivity index (χ3v) is 16.0. The molecule has 2 aliphatic carbocycles. The van der Waals surface area contributed by atoms with E-state index in [1.165, 1.54) is 9.36 Å². The van der Waals surface area contributed by atoms with Crippen molar-refractivity contribution < 1.29 is 38.1 Å². The van der Waals surface area contributed by atoms with Crippen LogP contribution >= 0.6 is 46.4 Å². The van der Waals surface area contributed by atoms with E-state index in [-0.39, 0.29) is 41.7 Å². The largest absolute Gasteiger partial charge is 0.489 e.